The summed E-state index contributed by atoms with van der Waals surface area (Å²) in [7, 11) is 0. The molecule has 1 N–H and O–H groups in total. The van der Waals surface area contributed by atoms with Crippen molar-refractivity contribution < 1.29 is 0 Å². The average molecular weight is 135 g/mol. The van der Waals surface area contributed by atoms with Gasteiger partial charge in [-0.25, -0.2) is 0 Å². The Kier molecular flexibility index (Phi) is 1.71. The lowest BCUT2D eigenvalue weighted by molar-refractivity contribution is 1.15. The van der Waals surface area contributed by atoms with Gasteiger partial charge in [0.05, 0.1) is 0 Å². The lowest BCUT2D eigenvalue weighted by Gasteiger charge is -1.84. The summed E-state index contributed by atoms with van der Waals surface area (Å²) < 4.78 is 0. The zero-order valence-corrected chi connectivity index (χ0v) is 5.85. The minimum absolute atomic E-state index is 0.0829. The lowest BCUT2D eigenvalue weighted by atomic mass is 10.3. The van der Waals surface area contributed by atoms with Crippen LogP contribution in [0.15, 0.2) is 16.9 Å². The Bertz CT molecular complexity index is 375. The second-order valence-electron chi connectivity index (χ2n) is 2.05. The Balaban J connectivity index is 3.69. The molecule has 0 aliphatic carbocycles. The molecule has 1 aromatic heterocycles. The number of hydrogen-bond acceptors (Lipinski definition) is 1. The summed E-state index contributed by atoms with van der Waals surface area (Å²) in [5, 5.41) is 1.65. The molecule has 1 aromatic rings. The number of hydrogen-bond donors (Lipinski definition) is 1. The van der Waals surface area contributed by atoms with Crippen molar-refractivity contribution in [2.45, 2.75) is 6.92 Å². The van der Waals surface area contributed by atoms with Crippen LogP contribution >= 0.6 is 0 Å². The van der Waals surface area contributed by atoms with E-state index in [1.807, 2.05) is 13.0 Å². The van der Waals surface area contributed by atoms with Crippen LogP contribution in [0.25, 0.3) is 12.7 Å². The van der Waals surface area contributed by atoms with Crippen molar-refractivity contribution >= 4 is 12.7 Å². The normalized spacial score (nSPS) is 11.9. The third-order valence-electron chi connectivity index (χ3n) is 1.33. The highest BCUT2D eigenvalue weighted by Gasteiger charge is 1.80. The molecular formula is C8H9NO. The van der Waals surface area contributed by atoms with Crippen LogP contribution in [0.1, 0.15) is 6.92 Å². The summed E-state index contributed by atoms with van der Waals surface area (Å²) in [6.45, 7) is 5.59. The Morgan fingerprint density at radius 1 is 1.60 bits per heavy atom. The Labute approximate surface area is 58.5 Å². The van der Waals surface area contributed by atoms with Crippen LogP contribution in [-0.4, -0.2) is 4.98 Å². The fourth-order valence-electron chi connectivity index (χ4n) is 0.778. The third-order valence-corrected chi connectivity index (χ3v) is 1.33. The van der Waals surface area contributed by atoms with Gasteiger partial charge in [0.2, 0.25) is 5.56 Å². The van der Waals surface area contributed by atoms with Crippen LogP contribution < -0.4 is 16.1 Å². The highest BCUT2D eigenvalue weighted by molar-refractivity contribution is 5.18. The quantitative estimate of drug-likeness (QED) is 0.515. The molecule has 1 rings (SSSR count). The third kappa shape index (κ3) is 1.16. The van der Waals surface area contributed by atoms with E-state index in [0.29, 0.717) is 0 Å². The van der Waals surface area contributed by atoms with Gasteiger partial charge in [0.15, 0.2) is 0 Å². The average Bonchev–Trinajstić information content (AvgIpc) is 1.94. The summed E-state index contributed by atoms with van der Waals surface area (Å²) in [4.78, 5) is 13.3. The van der Waals surface area contributed by atoms with Gasteiger partial charge in [-0.15, -0.1) is 0 Å². The number of nitrogens with one attached hydrogen (secondary N) is 1. The zero-order valence-electron chi connectivity index (χ0n) is 5.85. The number of pyridine rings is 1. The van der Waals surface area contributed by atoms with Gasteiger partial charge in [0.1, 0.15) is 0 Å². The van der Waals surface area contributed by atoms with Crippen molar-refractivity contribution in [2.24, 2.45) is 0 Å². The predicted molar refractivity (Wildman–Crippen MR) is 42.0 cm³/mol. The summed E-state index contributed by atoms with van der Waals surface area (Å²) >= 11 is 0. The maximum atomic E-state index is 10.7. The number of H-pyrrole nitrogens is 1. The fourth-order valence-corrected chi connectivity index (χ4v) is 0.778. The molecule has 0 atom stereocenters. The monoisotopic (exact) mass is 135 g/mol. The van der Waals surface area contributed by atoms with E-state index in [2.05, 4.69) is 11.6 Å². The van der Waals surface area contributed by atoms with Crippen molar-refractivity contribution in [1.82, 2.24) is 4.98 Å². The summed E-state index contributed by atoms with van der Waals surface area (Å²) in [5.74, 6) is 0. The van der Waals surface area contributed by atoms with Gasteiger partial charge in [0.25, 0.3) is 0 Å². The van der Waals surface area contributed by atoms with E-state index in [4.69, 9.17) is 0 Å². The van der Waals surface area contributed by atoms with E-state index in [1.54, 1.807) is 6.07 Å². The minimum atomic E-state index is -0.0829. The molecule has 0 fully saturated rings. The van der Waals surface area contributed by atoms with Crippen molar-refractivity contribution in [3.05, 3.63) is 33.1 Å². The predicted octanol–water partition coefficient (Wildman–Crippen LogP) is -0.414. The van der Waals surface area contributed by atoms with Crippen molar-refractivity contribution in [2.75, 3.05) is 0 Å². The van der Waals surface area contributed by atoms with Crippen LogP contribution in [0.2, 0.25) is 0 Å². The fraction of sp³-hybridized carbons (Fsp3) is 0.125. The van der Waals surface area contributed by atoms with Gasteiger partial charge < -0.3 is 4.98 Å². The van der Waals surface area contributed by atoms with Gasteiger partial charge >= 0.3 is 0 Å². The summed E-state index contributed by atoms with van der Waals surface area (Å²) in [6.07, 6.45) is 1.82. The van der Waals surface area contributed by atoms with Crippen molar-refractivity contribution in [3.63, 3.8) is 0 Å². The van der Waals surface area contributed by atoms with E-state index in [9.17, 15) is 4.79 Å². The molecule has 10 heavy (non-hydrogen) atoms. The van der Waals surface area contributed by atoms with Gasteiger partial charge in [-0.3, -0.25) is 4.79 Å². The largest absolute Gasteiger partial charge is 0.322 e. The van der Waals surface area contributed by atoms with E-state index >= 15 is 0 Å². The number of aromatic nitrogens is 1. The molecule has 0 radical (unpaired) electrons. The van der Waals surface area contributed by atoms with Crippen LogP contribution in [0.3, 0.4) is 0 Å². The standard InChI is InChI=1S/C8H9NO/c1-3-7-6(2)4-5-8(10)9-7/h3-5H,2H2,1H3,(H,9,10)/b7-3-. The first-order valence-corrected chi connectivity index (χ1v) is 3.08. The second-order valence-corrected chi connectivity index (χ2v) is 2.05. The van der Waals surface area contributed by atoms with E-state index < -0.39 is 0 Å². The maximum absolute atomic E-state index is 10.7. The number of aromatic amines is 1. The lowest BCUT2D eigenvalue weighted by Crippen LogP contribution is -2.31. The molecule has 2 nitrogen and oxygen atoms in total. The van der Waals surface area contributed by atoms with E-state index in [-0.39, 0.29) is 5.56 Å². The molecule has 0 saturated carbocycles. The van der Waals surface area contributed by atoms with Crippen LogP contribution in [0, 0.1) is 0 Å². The van der Waals surface area contributed by atoms with Gasteiger partial charge in [-0.1, -0.05) is 12.7 Å². The van der Waals surface area contributed by atoms with Crippen molar-refractivity contribution in [3.8, 4) is 0 Å². The molecule has 2 heteroatoms. The molecule has 0 saturated heterocycles. The first-order valence-electron chi connectivity index (χ1n) is 3.08. The molecule has 0 spiro atoms. The van der Waals surface area contributed by atoms with Crippen molar-refractivity contribution in [1.29, 1.82) is 0 Å². The molecule has 0 unspecified atom stereocenters. The Hall–Kier alpha value is -1.31. The molecule has 0 aliphatic heterocycles. The van der Waals surface area contributed by atoms with Crippen LogP contribution in [0.4, 0.5) is 0 Å². The zero-order chi connectivity index (χ0) is 7.56. The van der Waals surface area contributed by atoms with E-state index in [0.717, 1.165) is 10.6 Å². The molecule has 0 bridgehead atoms. The molecule has 0 aliphatic rings. The molecule has 1 heterocycles. The second kappa shape index (κ2) is 2.52. The van der Waals surface area contributed by atoms with Gasteiger partial charge in [0, 0.05) is 11.4 Å². The first-order chi connectivity index (χ1) is 4.74. The van der Waals surface area contributed by atoms with Gasteiger partial charge in [-0.2, -0.15) is 0 Å². The molecule has 52 valence electrons. The Morgan fingerprint density at radius 3 is 2.80 bits per heavy atom. The van der Waals surface area contributed by atoms with Gasteiger partial charge in [-0.05, 0) is 18.2 Å². The smallest absolute Gasteiger partial charge is 0.248 e. The molecule has 0 amide bonds. The maximum Gasteiger partial charge on any atom is 0.248 e. The highest BCUT2D eigenvalue weighted by Crippen LogP contribution is 1.55. The Morgan fingerprint density at radius 2 is 2.30 bits per heavy atom. The van der Waals surface area contributed by atoms with Crippen LogP contribution in [-0.2, 0) is 0 Å². The first kappa shape index (κ1) is 6.81. The summed E-state index contributed by atoms with van der Waals surface area (Å²) in [6, 6.07) is 3.17. The summed E-state index contributed by atoms with van der Waals surface area (Å²) in [5.41, 5.74) is -0.0829. The SMILES string of the molecule is C=c1ccc(=O)[nH]/c1=C\C. The molecule has 0 aromatic carbocycles. The van der Waals surface area contributed by atoms with E-state index in [1.165, 1.54) is 6.07 Å². The van der Waals surface area contributed by atoms with Crippen LogP contribution in [0.5, 0.6) is 0 Å². The topological polar surface area (TPSA) is 32.9 Å². The molecular weight excluding hydrogens is 126 g/mol. The highest BCUT2D eigenvalue weighted by atomic mass is 16.1. The number of rotatable bonds is 0. The minimum Gasteiger partial charge on any atom is -0.322 e.